The molecule has 3 aromatic rings. The Morgan fingerprint density at radius 1 is 1.07 bits per heavy atom. The predicted molar refractivity (Wildman–Crippen MR) is 102 cm³/mol. The number of hydrogen-bond acceptors (Lipinski definition) is 4. The van der Waals surface area contributed by atoms with Crippen LogP contribution in [-0.2, 0) is 32.3 Å². The number of carboxylic acid groups (broad SMARTS) is 1. The van der Waals surface area contributed by atoms with E-state index in [9.17, 15) is 31.5 Å². The van der Waals surface area contributed by atoms with Gasteiger partial charge >= 0.3 is 12.1 Å². The zero-order chi connectivity index (χ0) is 22.3. The maximum Gasteiger partial charge on any atom is 0.416 e. The maximum atomic E-state index is 13.2. The number of carboxylic acids is 1. The minimum absolute atomic E-state index is 0.00232. The van der Waals surface area contributed by atoms with Crippen molar-refractivity contribution in [3.05, 3.63) is 65.9 Å². The molecule has 3 rings (SSSR count). The van der Waals surface area contributed by atoms with Crippen LogP contribution in [0.25, 0.3) is 10.9 Å². The first-order valence-corrected chi connectivity index (χ1v) is 10.2. The van der Waals surface area contributed by atoms with Crippen molar-refractivity contribution in [2.45, 2.75) is 37.1 Å². The van der Waals surface area contributed by atoms with Crippen molar-refractivity contribution in [2.75, 3.05) is 0 Å². The van der Waals surface area contributed by atoms with Gasteiger partial charge in [0, 0.05) is 5.39 Å². The van der Waals surface area contributed by atoms with Crippen molar-refractivity contribution in [3.8, 4) is 0 Å². The summed E-state index contributed by atoms with van der Waals surface area (Å²) in [6, 6.07) is 11.3. The highest BCUT2D eigenvalue weighted by Gasteiger charge is 2.33. The summed E-state index contributed by atoms with van der Waals surface area (Å²) < 4.78 is 72.0. The van der Waals surface area contributed by atoms with E-state index in [0.29, 0.717) is 0 Å². The van der Waals surface area contributed by atoms with Crippen LogP contribution < -0.4 is 0 Å². The van der Waals surface area contributed by atoms with Gasteiger partial charge in [-0.1, -0.05) is 18.2 Å². The highest BCUT2D eigenvalue weighted by molar-refractivity contribution is 7.90. The Morgan fingerprint density at radius 2 is 1.70 bits per heavy atom. The number of aliphatic carboxylic acids is 1. The smallest absolute Gasteiger partial charge is 0.416 e. The lowest BCUT2D eigenvalue weighted by atomic mass is 10.1. The summed E-state index contributed by atoms with van der Waals surface area (Å²) in [5.74, 6) is -1.27. The lowest BCUT2D eigenvalue weighted by Gasteiger charge is -2.20. The van der Waals surface area contributed by atoms with E-state index in [1.807, 2.05) is 0 Å². The summed E-state index contributed by atoms with van der Waals surface area (Å²) in [5.41, 5.74) is -2.53. The molecule has 10 heteroatoms. The monoisotopic (exact) mass is 441 g/mol. The van der Waals surface area contributed by atoms with E-state index in [1.165, 1.54) is 44.2 Å². The van der Waals surface area contributed by atoms with Crippen LogP contribution in [0.5, 0.6) is 0 Å². The van der Waals surface area contributed by atoms with E-state index < -0.39 is 39.9 Å². The van der Waals surface area contributed by atoms with Crippen molar-refractivity contribution >= 4 is 26.9 Å². The van der Waals surface area contributed by atoms with E-state index in [4.69, 9.17) is 4.74 Å². The van der Waals surface area contributed by atoms with Gasteiger partial charge in [0.1, 0.15) is 0 Å². The number of benzene rings is 2. The molecule has 0 fully saturated rings. The number of nitrogens with zero attached hydrogens (tertiary/aromatic N) is 1. The van der Waals surface area contributed by atoms with Gasteiger partial charge < -0.3 is 9.84 Å². The molecule has 0 aliphatic rings. The topological polar surface area (TPSA) is 85.6 Å². The second-order valence-corrected chi connectivity index (χ2v) is 8.88. The fraction of sp³-hybridized carbons (Fsp3) is 0.250. The van der Waals surface area contributed by atoms with Crippen LogP contribution in [0.2, 0.25) is 0 Å². The number of hydrogen-bond donors (Lipinski definition) is 1. The van der Waals surface area contributed by atoms with Crippen molar-refractivity contribution in [1.82, 2.24) is 3.97 Å². The van der Waals surface area contributed by atoms with Gasteiger partial charge in [-0.05, 0) is 50.2 Å². The molecule has 30 heavy (non-hydrogen) atoms. The molecule has 0 bridgehead atoms. The normalized spacial score (nSPS) is 13.0. The van der Waals surface area contributed by atoms with E-state index in [-0.39, 0.29) is 21.5 Å². The van der Waals surface area contributed by atoms with E-state index in [2.05, 4.69) is 0 Å². The number of rotatable bonds is 6. The molecule has 0 radical (unpaired) electrons. The van der Waals surface area contributed by atoms with Crippen LogP contribution in [0.1, 0.15) is 25.1 Å². The van der Waals surface area contributed by atoms with Crippen molar-refractivity contribution in [1.29, 1.82) is 0 Å². The molecule has 0 saturated heterocycles. The summed E-state index contributed by atoms with van der Waals surface area (Å²) in [7, 11) is -4.18. The Kier molecular flexibility index (Phi) is 5.42. The van der Waals surface area contributed by atoms with E-state index in [1.54, 1.807) is 6.07 Å². The molecule has 6 nitrogen and oxygen atoms in total. The third-order valence-corrected chi connectivity index (χ3v) is 6.31. The first-order chi connectivity index (χ1) is 13.8. The number of aromatic nitrogens is 1. The molecule has 1 aromatic heterocycles. The third-order valence-electron chi connectivity index (χ3n) is 4.53. The van der Waals surface area contributed by atoms with Gasteiger partial charge in [0.2, 0.25) is 0 Å². The zero-order valence-electron chi connectivity index (χ0n) is 16.0. The van der Waals surface area contributed by atoms with Gasteiger partial charge in [-0.2, -0.15) is 13.2 Å². The number of alkyl halides is 3. The van der Waals surface area contributed by atoms with Gasteiger partial charge in [0.15, 0.2) is 5.60 Å². The molecule has 0 atom stereocenters. The first-order valence-electron chi connectivity index (χ1n) is 8.73. The van der Waals surface area contributed by atoms with Crippen LogP contribution in [0, 0.1) is 0 Å². The van der Waals surface area contributed by atoms with Crippen molar-refractivity contribution in [2.24, 2.45) is 0 Å². The standard InChI is InChI=1S/C20H18F3NO5S/c1-19(2,18(25)26)29-12-15-11-13-10-14(20(21,22)23)8-9-17(13)24(15)30(27,28)16-6-4-3-5-7-16/h3-11H,12H2,1-2H3,(H,25,26). The summed E-state index contributed by atoms with van der Waals surface area (Å²) in [5, 5.41) is 9.26. The lowest BCUT2D eigenvalue weighted by molar-refractivity contribution is -0.162. The molecule has 0 aliphatic heterocycles. The van der Waals surface area contributed by atoms with Crippen LogP contribution in [0.3, 0.4) is 0 Å². The Morgan fingerprint density at radius 3 is 2.27 bits per heavy atom. The first kappa shape index (κ1) is 21.8. The van der Waals surface area contributed by atoms with Gasteiger partial charge in [-0.3, -0.25) is 0 Å². The molecule has 160 valence electrons. The van der Waals surface area contributed by atoms with E-state index >= 15 is 0 Å². The maximum absolute atomic E-state index is 13.2. The Hall–Kier alpha value is -2.85. The largest absolute Gasteiger partial charge is 0.479 e. The highest BCUT2D eigenvalue weighted by atomic mass is 32.2. The van der Waals surface area contributed by atoms with Crippen LogP contribution in [0.4, 0.5) is 13.2 Å². The van der Waals surface area contributed by atoms with Gasteiger partial charge in [-0.15, -0.1) is 0 Å². The Labute approximate surface area is 170 Å². The molecule has 0 spiro atoms. The quantitative estimate of drug-likeness (QED) is 0.617. The third kappa shape index (κ3) is 4.05. The van der Waals surface area contributed by atoms with E-state index in [0.717, 1.165) is 22.2 Å². The minimum Gasteiger partial charge on any atom is -0.479 e. The number of halogens is 3. The molecule has 0 saturated carbocycles. The Balaban J connectivity index is 2.20. The summed E-state index contributed by atoms with van der Waals surface area (Å²) in [6.45, 7) is 2.13. The molecule has 1 N–H and O–H groups in total. The highest BCUT2D eigenvalue weighted by Crippen LogP contribution is 2.34. The fourth-order valence-electron chi connectivity index (χ4n) is 2.82. The molecular weight excluding hydrogens is 423 g/mol. The second kappa shape index (κ2) is 7.44. The zero-order valence-corrected chi connectivity index (χ0v) is 16.8. The average molecular weight is 441 g/mol. The molecule has 0 unspecified atom stereocenters. The fourth-order valence-corrected chi connectivity index (χ4v) is 4.37. The Bertz CT molecular complexity index is 1200. The molecule has 0 aliphatic carbocycles. The van der Waals surface area contributed by atoms with Crippen molar-refractivity contribution in [3.63, 3.8) is 0 Å². The van der Waals surface area contributed by atoms with Crippen LogP contribution in [0.15, 0.2) is 59.5 Å². The number of carbonyl (C=O) groups is 1. The lowest BCUT2D eigenvalue weighted by Crippen LogP contribution is -2.34. The molecule has 0 amide bonds. The number of fused-ring (bicyclic) bond motifs is 1. The number of ether oxygens (including phenoxy) is 1. The van der Waals surface area contributed by atoms with Gasteiger partial charge in [-0.25, -0.2) is 17.2 Å². The minimum atomic E-state index is -4.60. The van der Waals surface area contributed by atoms with Crippen LogP contribution >= 0.6 is 0 Å². The second-order valence-electron chi connectivity index (χ2n) is 7.09. The van der Waals surface area contributed by atoms with Crippen molar-refractivity contribution < 1.29 is 36.2 Å². The summed E-state index contributed by atoms with van der Waals surface area (Å²) in [4.78, 5) is 11.2. The molecular formula is C20H18F3NO5S. The SMILES string of the molecule is CC(C)(OCc1cc2cc(C(F)(F)F)ccc2n1S(=O)(=O)c1ccccc1)C(=O)O. The predicted octanol–water partition coefficient (Wildman–Crippen LogP) is 4.28. The summed E-state index contributed by atoms with van der Waals surface area (Å²) in [6.07, 6.45) is -4.60. The van der Waals surface area contributed by atoms with Gasteiger partial charge in [0.05, 0.1) is 28.3 Å². The molecule has 1 heterocycles. The average Bonchev–Trinajstić information content (AvgIpc) is 3.04. The van der Waals surface area contributed by atoms with Gasteiger partial charge in [0.25, 0.3) is 10.0 Å². The van der Waals surface area contributed by atoms with Crippen LogP contribution in [-0.4, -0.2) is 29.1 Å². The summed E-state index contributed by atoms with van der Waals surface area (Å²) >= 11 is 0. The molecule has 2 aromatic carbocycles.